The van der Waals surface area contributed by atoms with Gasteiger partial charge in [-0.1, -0.05) is 48.9 Å². The number of nitrogens with two attached hydrogens (primary N) is 2. The molecule has 0 unspecified atom stereocenters. The molecule has 2 aliphatic rings. The van der Waals surface area contributed by atoms with E-state index < -0.39 is 0 Å². The lowest BCUT2D eigenvalue weighted by atomic mass is 9.63. The number of phenolic OH excluding ortho intramolecular Hbond substituents is 1. The fourth-order valence-corrected chi connectivity index (χ4v) is 5.20. The van der Waals surface area contributed by atoms with Crippen LogP contribution in [-0.4, -0.2) is 41.3 Å². The van der Waals surface area contributed by atoms with Crippen molar-refractivity contribution in [2.45, 2.75) is 42.9 Å². The first-order valence-electron chi connectivity index (χ1n) is 10.4. The second-order valence-electron chi connectivity index (χ2n) is 8.78. The van der Waals surface area contributed by atoms with Gasteiger partial charge in [0.25, 0.3) is 0 Å². The van der Waals surface area contributed by atoms with E-state index in [1.165, 1.54) is 35.5 Å². The van der Waals surface area contributed by atoms with Gasteiger partial charge in [0.05, 0.1) is 0 Å². The van der Waals surface area contributed by atoms with Gasteiger partial charge in [0.2, 0.25) is 0 Å². The Hall–Kier alpha value is -1.92. The molecule has 4 rings (SSSR count). The maximum Gasteiger partial charge on any atom is 0.115 e. The van der Waals surface area contributed by atoms with Crippen molar-refractivity contribution in [2.24, 2.45) is 11.7 Å². The second-order valence-corrected chi connectivity index (χ2v) is 8.78. The van der Waals surface area contributed by atoms with Crippen molar-refractivity contribution in [2.75, 3.05) is 26.2 Å². The van der Waals surface area contributed by atoms with E-state index >= 15 is 0 Å². The van der Waals surface area contributed by atoms with Crippen molar-refractivity contribution in [1.29, 1.82) is 0 Å². The number of benzene rings is 2. The Morgan fingerprint density at radius 1 is 0.821 bits per heavy atom. The van der Waals surface area contributed by atoms with Crippen LogP contribution in [0.3, 0.4) is 0 Å². The van der Waals surface area contributed by atoms with Crippen molar-refractivity contribution in [3.8, 4) is 5.75 Å². The lowest BCUT2D eigenvalue weighted by Crippen LogP contribution is -2.55. The number of phenols is 1. The van der Waals surface area contributed by atoms with Crippen LogP contribution in [0.15, 0.2) is 54.6 Å². The van der Waals surface area contributed by atoms with Crippen LogP contribution in [0, 0.1) is 0 Å². The predicted molar refractivity (Wildman–Crippen MR) is 113 cm³/mol. The summed E-state index contributed by atoms with van der Waals surface area (Å²) in [5, 5.41) is 11.0. The van der Waals surface area contributed by atoms with E-state index in [1.54, 1.807) is 0 Å². The van der Waals surface area contributed by atoms with Gasteiger partial charge in [-0.3, -0.25) is 11.7 Å². The summed E-state index contributed by atoms with van der Waals surface area (Å²) < 4.78 is 0. The second kappa shape index (κ2) is 7.84. The van der Waals surface area contributed by atoms with E-state index in [-0.39, 0.29) is 10.8 Å². The van der Waals surface area contributed by atoms with E-state index in [1.807, 2.05) is 12.1 Å². The van der Waals surface area contributed by atoms with Crippen molar-refractivity contribution in [1.82, 2.24) is 10.0 Å². The number of piperidine rings is 1. The molecule has 1 saturated carbocycles. The van der Waals surface area contributed by atoms with Crippen LogP contribution < -0.4 is 11.7 Å². The van der Waals surface area contributed by atoms with Crippen molar-refractivity contribution in [3.05, 3.63) is 65.7 Å². The molecular formula is C23H32N4O. The van der Waals surface area contributed by atoms with E-state index in [0.29, 0.717) is 12.3 Å². The van der Waals surface area contributed by atoms with Gasteiger partial charge < -0.3 is 10.0 Å². The van der Waals surface area contributed by atoms with Gasteiger partial charge >= 0.3 is 0 Å². The molecule has 1 heterocycles. The zero-order valence-electron chi connectivity index (χ0n) is 16.6. The Morgan fingerprint density at radius 3 is 1.96 bits per heavy atom. The number of aromatic hydroxyl groups is 1. The van der Waals surface area contributed by atoms with Crippen LogP contribution in [0.1, 0.15) is 43.2 Å². The minimum absolute atomic E-state index is 0.0204. The number of hydrazine groups is 2. The number of hydrogen-bond acceptors (Lipinski definition) is 5. The molecule has 5 nitrogen and oxygen atoms in total. The molecule has 0 aromatic heterocycles. The zero-order chi connectivity index (χ0) is 19.6. The van der Waals surface area contributed by atoms with Gasteiger partial charge in [0.15, 0.2) is 0 Å². The van der Waals surface area contributed by atoms with Crippen LogP contribution in [0.4, 0.5) is 0 Å². The third kappa shape index (κ3) is 3.80. The monoisotopic (exact) mass is 380 g/mol. The Morgan fingerprint density at radius 2 is 1.43 bits per heavy atom. The fraction of sp³-hybridized carbons (Fsp3) is 0.478. The highest BCUT2D eigenvalue weighted by molar-refractivity contribution is 5.34. The molecular weight excluding hydrogens is 348 g/mol. The summed E-state index contributed by atoms with van der Waals surface area (Å²) >= 11 is 0. The van der Waals surface area contributed by atoms with Crippen LogP contribution in [0.25, 0.3) is 0 Å². The molecule has 1 aliphatic carbocycles. The number of nitrogens with zero attached hydrogens (tertiary/aromatic N) is 2. The number of hydrogen-bond donors (Lipinski definition) is 3. The highest BCUT2D eigenvalue weighted by Crippen LogP contribution is 2.46. The first-order chi connectivity index (χ1) is 13.5. The molecule has 0 bridgehead atoms. The van der Waals surface area contributed by atoms with Crippen molar-refractivity contribution in [3.63, 3.8) is 0 Å². The lowest BCUT2D eigenvalue weighted by molar-refractivity contribution is 0.0769. The third-order valence-corrected chi connectivity index (χ3v) is 7.00. The molecule has 1 aliphatic heterocycles. The summed E-state index contributed by atoms with van der Waals surface area (Å²) in [4.78, 5) is 2.62. The van der Waals surface area contributed by atoms with E-state index in [0.717, 1.165) is 32.5 Å². The maximum absolute atomic E-state index is 9.64. The van der Waals surface area contributed by atoms with E-state index in [9.17, 15) is 5.11 Å². The fourth-order valence-electron chi connectivity index (χ4n) is 5.20. The van der Waals surface area contributed by atoms with Gasteiger partial charge in [-0.15, -0.1) is 0 Å². The van der Waals surface area contributed by atoms with Crippen LogP contribution in [0.5, 0.6) is 5.75 Å². The molecule has 28 heavy (non-hydrogen) atoms. The standard InChI is InChI=1S/C23H32N4O/c24-27(25)18-23(19-5-2-1-3-6-19)13-15-26(16-14-23)17-22(11-4-12-22)20-7-9-21(28)10-8-20/h1-3,5-10,28H,4,11-18,24-25H2. The highest BCUT2D eigenvalue weighted by atomic mass is 16.3. The number of likely N-dealkylation sites (tertiary alicyclic amines) is 1. The molecule has 5 heteroatoms. The van der Waals surface area contributed by atoms with Crippen LogP contribution in [-0.2, 0) is 10.8 Å². The molecule has 0 atom stereocenters. The Balaban J connectivity index is 1.47. The molecule has 1 saturated heterocycles. The van der Waals surface area contributed by atoms with Crippen LogP contribution in [0.2, 0.25) is 0 Å². The van der Waals surface area contributed by atoms with E-state index in [4.69, 9.17) is 11.7 Å². The first-order valence-corrected chi connectivity index (χ1v) is 10.4. The van der Waals surface area contributed by atoms with Gasteiger partial charge in [0, 0.05) is 23.9 Å². The molecule has 5 N–H and O–H groups in total. The van der Waals surface area contributed by atoms with Gasteiger partial charge in [-0.2, -0.15) is 5.12 Å². The molecule has 0 spiro atoms. The Bertz CT molecular complexity index is 763. The quantitative estimate of drug-likeness (QED) is 0.530. The summed E-state index contributed by atoms with van der Waals surface area (Å²) in [6, 6.07) is 18.6. The predicted octanol–water partition coefficient (Wildman–Crippen LogP) is 2.90. The molecule has 2 aromatic carbocycles. The summed E-state index contributed by atoms with van der Waals surface area (Å²) in [6.07, 6.45) is 5.88. The average molecular weight is 381 g/mol. The van der Waals surface area contributed by atoms with Crippen molar-refractivity contribution >= 4 is 0 Å². The summed E-state index contributed by atoms with van der Waals surface area (Å²) in [5.41, 5.74) is 2.97. The largest absolute Gasteiger partial charge is 0.508 e. The van der Waals surface area contributed by atoms with Crippen LogP contribution >= 0.6 is 0 Å². The summed E-state index contributed by atoms with van der Waals surface area (Å²) in [7, 11) is 0. The summed E-state index contributed by atoms with van der Waals surface area (Å²) in [6.45, 7) is 3.89. The smallest absolute Gasteiger partial charge is 0.115 e. The molecule has 2 aromatic rings. The minimum atomic E-state index is 0.0204. The Kier molecular flexibility index (Phi) is 5.43. The SMILES string of the molecule is NN(N)CC1(c2ccccc2)CCN(CC2(c3ccc(O)cc3)CCC2)CC1. The topological polar surface area (TPSA) is 78.8 Å². The first kappa shape index (κ1) is 19.4. The van der Waals surface area contributed by atoms with Crippen molar-refractivity contribution < 1.29 is 5.11 Å². The summed E-state index contributed by atoms with van der Waals surface area (Å²) in [5.74, 6) is 12.1. The van der Waals surface area contributed by atoms with Gasteiger partial charge in [0.1, 0.15) is 5.75 Å². The van der Waals surface area contributed by atoms with E-state index in [2.05, 4.69) is 47.4 Å². The Labute approximate surface area is 167 Å². The molecule has 0 radical (unpaired) electrons. The maximum atomic E-state index is 9.64. The third-order valence-electron chi connectivity index (χ3n) is 7.00. The lowest BCUT2D eigenvalue weighted by Gasteiger charge is -2.49. The molecule has 150 valence electrons. The normalized spacial score (nSPS) is 21.4. The molecule has 0 amide bonds. The highest BCUT2D eigenvalue weighted by Gasteiger charge is 2.43. The zero-order valence-corrected chi connectivity index (χ0v) is 16.6. The van der Waals surface area contributed by atoms with Gasteiger partial charge in [-0.05, 0) is 62.0 Å². The van der Waals surface area contributed by atoms with Gasteiger partial charge in [-0.25, -0.2) is 0 Å². The number of rotatable bonds is 6. The molecule has 2 fully saturated rings. The average Bonchev–Trinajstić information content (AvgIpc) is 2.67. The minimum Gasteiger partial charge on any atom is -0.508 e.